The van der Waals surface area contributed by atoms with Crippen LogP contribution in [0.1, 0.15) is 5.56 Å². The molecule has 2 aromatic heterocycles. The summed E-state index contributed by atoms with van der Waals surface area (Å²) >= 11 is 0. The molecule has 2 N–H and O–H groups in total. The Morgan fingerprint density at radius 2 is 1.78 bits per heavy atom. The Kier molecular flexibility index (Phi) is 4.25. The molecule has 0 atom stereocenters. The highest BCUT2D eigenvalue weighted by Crippen LogP contribution is 2.30. The zero-order valence-electron chi connectivity index (χ0n) is 14.6. The van der Waals surface area contributed by atoms with Gasteiger partial charge < -0.3 is 10.6 Å². The smallest absolute Gasteiger partial charge is 0.292 e. The molecule has 2 aromatic carbocycles. The van der Waals surface area contributed by atoms with Gasteiger partial charge in [0.2, 0.25) is 0 Å². The molecule has 0 amide bonds. The molecule has 4 aromatic rings. The average molecular weight is 359 g/mol. The molecule has 0 spiro atoms. The number of pyridine rings is 2. The highest BCUT2D eigenvalue weighted by atomic mass is 16.6. The van der Waals surface area contributed by atoms with Gasteiger partial charge in [-0.25, -0.2) is 0 Å². The first-order chi connectivity index (χ1) is 13.2. The Labute approximate surface area is 155 Å². The van der Waals surface area contributed by atoms with E-state index in [0.717, 1.165) is 33.1 Å². The molecular formula is C20H17N5O2. The number of nitro benzene ring substituents is 1. The highest BCUT2D eigenvalue weighted by molar-refractivity contribution is 6.08. The predicted molar refractivity (Wildman–Crippen MR) is 107 cm³/mol. The van der Waals surface area contributed by atoms with Crippen LogP contribution in [0.4, 0.5) is 17.1 Å². The third kappa shape index (κ3) is 3.10. The molecule has 0 bridgehead atoms. The minimum Gasteiger partial charge on any atom is -0.383 e. The molecule has 7 heteroatoms. The van der Waals surface area contributed by atoms with Crippen molar-refractivity contribution in [3.8, 4) is 0 Å². The molecule has 134 valence electrons. The van der Waals surface area contributed by atoms with E-state index in [1.165, 1.54) is 0 Å². The molecule has 0 aliphatic carbocycles. The monoisotopic (exact) mass is 359 g/mol. The minimum absolute atomic E-state index is 0.0611. The summed E-state index contributed by atoms with van der Waals surface area (Å²) in [5, 5.41) is 19.4. The van der Waals surface area contributed by atoms with Gasteiger partial charge in [-0.3, -0.25) is 20.1 Å². The maximum absolute atomic E-state index is 11.3. The van der Waals surface area contributed by atoms with Crippen LogP contribution in [-0.2, 0) is 6.54 Å². The number of anilines is 2. The molecule has 7 nitrogen and oxygen atoms in total. The van der Waals surface area contributed by atoms with Gasteiger partial charge in [-0.05, 0) is 35.9 Å². The normalized spacial score (nSPS) is 10.9. The van der Waals surface area contributed by atoms with Crippen LogP contribution in [-0.4, -0.2) is 21.9 Å². The number of nitrogens with zero attached hydrogens (tertiary/aromatic N) is 3. The third-order valence-corrected chi connectivity index (χ3v) is 4.47. The number of hydrogen-bond donors (Lipinski definition) is 2. The summed E-state index contributed by atoms with van der Waals surface area (Å²) in [6, 6.07) is 15.0. The van der Waals surface area contributed by atoms with Gasteiger partial charge in [0.25, 0.3) is 5.69 Å². The van der Waals surface area contributed by atoms with Crippen LogP contribution in [0.2, 0.25) is 0 Å². The van der Waals surface area contributed by atoms with Crippen LogP contribution in [0, 0.1) is 10.1 Å². The lowest BCUT2D eigenvalue weighted by molar-refractivity contribution is -0.384. The first-order valence-corrected chi connectivity index (χ1v) is 8.49. The maximum atomic E-state index is 11.3. The maximum Gasteiger partial charge on any atom is 0.292 e. The van der Waals surface area contributed by atoms with E-state index in [1.807, 2.05) is 36.4 Å². The van der Waals surface area contributed by atoms with Gasteiger partial charge in [-0.1, -0.05) is 12.1 Å². The zero-order chi connectivity index (χ0) is 18.8. The lowest BCUT2D eigenvalue weighted by Gasteiger charge is -2.12. The van der Waals surface area contributed by atoms with E-state index in [2.05, 4.69) is 20.6 Å². The summed E-state index contributed by atoms with van der Waals surface area (Å²) < 4.78 is 0. The van der Waals surface area contributed by atoms with Crippen molar-refractivity contribution in [3.05, 3.63) is 76.6 Å². The van der Waals surface area contributed by atoms with Gasteiger partial charge in [0, 0.05) is 48.5 Å². The summed E-state index contributed by atoms with van der Waals surface area (Å²) in [7, 11) is 1.67. The number of hydrogen-bond acceptors (Lipinski definition) is 6. The second-order valence-electron chi connectivity index (χ2n) is 6.11. The van der Waals surface area contributed by atoms with Crippen LogP contribution >= 0.6 is 0 Å². The average Bonchev–Trinajstić information content (AvgIpc) is 2.71. The van der Waals surface area contributed by atoms with Crippen molar-refractivity contribution in [2.45, 2.75) is 6.54 Å². The third-order valence-electron chi connectivity index (χ3n) is 4.47. The molecule has 0 unspecified atom stereocenters. The van der Waals surface area contributed by atoms with Gasteiger partial charge >= 0.3 is 0 Å². The van der Waals surface area contributed by atoms with E-state index in [4.69, 9.17) is 0 Å². The molecule has 0 saturated heterocycles. The number of nitrogens with one attached hydrogen (secondary N) is 2. The number of rotatable bonds is 5. The van der Waals surface area contributed by atoms with Crippen molar-refractivity contribution in [3.63, 3.8) is 0 Å². The van der Waals surface area contributed by atoms with Crippen LogP contribution < -0.4 is 10.6 Å². The van der Waals surface area contributed by atoms with Gasteiger partial charge in [-0.15, -0.1) is 0 Å². The van der Waals surface area contributed by atoms with Crippen molar-refractivity contribution in [1.82, 2.24) is 9.97 Å². The number of nitro groups is 1. The zero-order valence-corrected chi connectivity index (χ0v) is 14.6. The Morgan fingerprint density at radius 1 is 1.00 bits per heavy atom. The van der Waals surface area contributed by atoms with Crippen LogP contribution in [0.5, 0.6) is 0 Å². The molecular weight excluding hydrogens is 342 g/mol. The highest BCUT2D eigenvalue weighted by Gasteiger charge is 2.14. The first-order valence-electron chi connectivity index (χ1n) is 8.49. The SMILES string of the molecule is CNc1ccc(CNc2cc3cccnc3c3ncccc23)cc1[N+](=O)[O-]. The summed E-state index contributed by atoms with van der Waals surface area (Å²) in [5.41, 5.74) is 3.98. The Hall–Kier alpha value is -3.74. The first kappa shape index (κ1) is 16.7. The van der Waals surface area contributed by atoms with Gasteiger partial charge in [0.05, 0.1) is 16.0 Å². The van der Waals surface area contributed by atoms with Crippen molar-refractivity contribution in [1.29, 1.82) is 0 Å². The molecule has 0 saturated carbocycles. The van der Waals surface area contributed by atoms with Crippen molar-refractivity contribution >= 4 is 38.9 Å². The van der Waals surface area contributed by atoms with Crippen molar-refractivity contribution in [2.24, 2.45) is 0 Å². The topological polar surface area (TPSA) is 93.0 Å². The number of benzene rings is 2. The fourth-order valence-corrected chi connectivity index (χ4v) is 3.17. The quantitative estimate of drug-likeness (QED) is 0.313. The molecule has 0 fully saturated rings. The Bertz CT molecular complexity index is 1160. The Balaban J connectivity index is 1.72. The second-order valence-corrected chi connectivity index (χ2v) is 6.11. The van der Waals surface area contributed by atoms with E-state index < -0.39 is 0 Å². The van der Waals surface area contributed by atoms with Crippen molar-refractivity contribution < 1.29 is 4.92 Å². The summed E-state index contributed by atoms with van der Waals surface area (Å²) in [6.45, 7) is 0.459. The summed E-state index contributed by atoms with van der Waals surface area (Å²) in [6.07, 6.45) is 3.51. The molecule has 0 radical (unpaired) electrons. The van der Waals surface area contributed by atoms with E-state index in [1.54, 1.807) is 31.6 Å². The van der Waals surface area contributed by atoms with Gasteiger partial charge in [0.1, 0.15) is 5.69 Å². The number of fused-ring (bicyclic) bond motifs is 3. The van der Waals surface area contributed by atoms with Gasteiger partial charge in [-0.2, -0.15) is 0 Å². The summed E-state index contributed by atoms with van der Waals surface area (Å²) in [5.74, 6) is 0. The Morgan fingerprint density at radius 3 is 2.56 bits per heavy atom. The fraction of sp³-hybridized carbons (Fsp3) is 0.100. The van der Waals surface area contributed by atoms with E-state index in [-0.39, 0.29) is 10.6 Å². The lowest BCUT2D eigenvalue weighted by atomic mass is 10.1. The second kappa shape index (κ2) is 6.87. The molecule has 4 rings (SSSR count). The minimum atomic E-state index is -0.379. The summed E-state index contributed by atoms with van der Waals surface area (Å²) in [4.78, 5) is 19.8. The van der Waals surface area contributed by atoms with Crippen LogP contribution in [0.15, 0.2) is 60.9 Å². The van der Waals surface area contributed by atoms with E-state index in [0.29, 0.717) is 12.2 Å². The molecule has 0 aliphatic heterocycles. The lowest BCUT2D eigenvalue weighted by Crippen LogP contribution is -2.03. The molecule has 0 aliphatic rings. The van der Waals surface area contributed by atoms with E-state index in [9.17, 15) is 10.1 Å². The predicted octanol–water partition coefficient (Wildman–Crippen LogP) is 4.35. The molecule has 27 heavy (non-hydrogen) atoms. The number of aromatic nitrogens is 2. The van der Waals surface area contributed by atoms with Gasteiger partial charge in [0.15, 0.2) is 0 Å². The largest absolute Gasteiger partial charge is 0.383 e. The fourth-order valence-electron chi connectivity index (χ4n) is 3.17. The standard InChI is InChI=1S/C20H17N5O2/c1-21-16-7-6-13(10-18(16)25(26)27)12-24-17-11-14-4-2-8-22-19(14)20-15(17)5-3-9-23-20/h2-11,21,24H,12H2,1H3. The van der Waals surface area contributed by atoms with Crippen molar-refractivity contribution in [2.75, 3.05) is 17.7 Å². The molecule has 2 heterocycles. The van der Waals surface area contributed by atoms with Crippen LogP contribution in [0.25, 0.3) is 21.8 Å². The van der Waals surface area contributed by atoms with E-state index >= 15 is 0 Å². The van der Waals surface area contributed by atoms with Crippen LogP contribution in [0.3, 0.4) is 0 Å².